The van der Waals surface area contributed by atoms with Crippen molar-refractivity contribution in [3.8, 4) is 0 Å². The van der Waals surface area contributed by atoms with E-state index in [1.165, 1.54) is 0 Å². The van der Waals surface area contributed by atoms with E-state index < -0.39 is 6.10 Å². The zero-order valence-corrected chi connectivity index (χ0v) is 10.8. The first kappa shape index (κ1) is 12.7. The Balaban J connectivity index is 2.50. The maximum Gasteiger partial charge on any atom is 0.0914 e. The van der Waals surface area contributed by atoms with Crippen LogP contribution in [0, 0.1) is 0 Å². The molecule has 0 aliphatic rings. The monoisotopic (exact) mass is 271 g/mol. The van der Waals surface area contributed by atoms with Gasteiger partial charge in [0.15, 0.2) is 0 Å². The summed E-state index contributed by atoms with van der Waals surface area (Å²) >= 11 is 3.39. The van der Waals surface area contributed by atoms with E-state index in [-0.39, 0.29) is 0 Å². The molecule has 0 radical (unpaired) electrons. The Hall–Kier alpha value is -0.380. The summed E-state index contributed by atoms with van der Waals surface area (Å²) in [6, 6.07) is 8.23. The van der Waals surface area contributed by atoms with Crippen LogP contribution in [0.3, 0.4) is 0 Å². The highest BCUT2D eigenvalue weighted by atomic mass is 79.9. The number of aliphatic hydroxyl groups excluding tert-OH is 1. The highest BCUT2D eigenvalue weighted by Crippen LogP contribution is 2.17. The van der Waals surface area contributed by atoms with Crippen LogP contribution in [0.4, 0.5) is 0 Å². The lowest BCUT2D eigenvalue weighted by atomic mass is 10.1. The van der Waals surface area contributed by atoms with Crippen molar-refractivity contribution in [1.29, 1.82) is 0 Å². The Morgan fingerprint density at radius 2 is 2.20 bits per heavy atom. The topological polar surface area (TPSA) is 32.3 Å². The molecule has 2 N–H and O–H groups in total. The second-order valence-corrected chi connectivity index (χ2v) is 4.70. The standard InChI is InChI=1S/C12H18BrNO/c1-3-9(2)14-8-12(15)10-5-4-6-11(13)7-10/h4-7,9,12,14-15H,3,8H2,1-2H3. The molecule has 2 atom stereocenters. The van der Waals surface area contributed by atoms with Gasteiger partial charge < -0.3 is 10.4 Å². The molecule has 0 saturated heterocycles. The van der Waals surface area contributed by atoms with Crippen LogP contribution >= 0.6 is 15.9 Å². The van der Waals surface area contributed by atoms with Gasteiger partial charge >= 0.3 is 0 Å². The fourth-order valence-electron chi connectivity index (χ4n) is 1.29. The van der Waals surface area contributed by atoms with E-state index in [9.17, 15) is 5.11 Å². The van der Waals surface area contributed by atoms with E-state index in [0.29, 0.717) is 12.6 Å². The van der Waals surface area contributed by atoms with Gasteiger partial charge in [0.1, 0.15) is 0 Å². The molecule has 1 aromatic rings. The molecule has 0 aromatic heterocycles. The van der Waals surface area contributed by atoms with E-state index in [4.69, 9.17) is 0 Å². The van der Waals surface area contributed by atoms with Gasteiger partial charge in [-0.2, -0.15) is 0 Å². The highest BCUT2D eigenvalue weighted by molar-refractivity contribution is 9.10. The molecule has 0 heterocycles. The van der Waals surface area contributed by atoms with Crippen LogP contribution in [-0.4, -0.2) is 17.7 Å². The molecule has 0 aliphatic heterocycles. The van der Waals surface area contributed by atoms with Gasteiger partial charge in [0, 0.05) is 17.1 Å². The molecule has 0 aliphatic carbocycles. The number of hydrogen-bond acceptors (Lipinski definition) is 2. The molecule has 0 fully saturated rings. The molecule has 0 spiro atoms. The third-order valence-corrected chi connectivity index (χ3v) is 3.00. The Bertz CT molecular complexity index is 303. The second-order valence-electron chi connectivity index (χ2n) is 3.79. The largest absolute Gasteiger partial charge is 0.387 e. The molecule has 15 heavy (non-hydrogen) atoms. The molecule has 0 saturated carbocycles. The summed E-state index contributed by atoms with van der Waals surface area (Å²) in [6.07, 6.45) is 0.641. The maximum atomic E-state index is 9.91. The summed E-state index contributed by atoms with van der Waals surface area (Å²) < 4.78 is 1.00. The molecule has 1 rings (SSSR count). The van der Waals surface area contributed by atoms with Crippen LogP contribution < -0.4 is 5.32 Å². The van der Waals surface area contributed by atoms with Crippen LogP contribution in [0.15, 0.2) is 28.7 Å². The Morgan fingerprint density at radius 3 is 2.80 bits per heavy atom. The zero-order chi connectivity index (χ0) is 11.3. The fraction of sp³-hybridized carbons (Fsp3) is 0.500. The number of aliphatic hydroxyl groups is 1. The minimum Gasteiger partial charge on any atom is -0.387 e. The quantitative estimate of drug-likeness (QED) is 0.863. The third-order valence-electron chi connectivity index (χ3n) is 2.51. The summed E-state index contributed by atoms with van der Waals surface area (Å²) in [5.41, 5.74) is 0.945. The van der Waals surface area contributed by atoms with Gasteiger partial charge in [0.05, 0.1) is 6.10 Å². The first-order valence-corrected chi connectivity index (χ1v) is 6.09. The van der Waals surface area contributed by atoms with Gasteiger partial charge in [-0.15, -0.1) is 0 Å². The summed E-state index contributed by atoms with van der Waals surface area (Å²) in [5, 5.41) is 13.2. The van der Waals surface area contributed by atoms with Crippen LogP contribution in [0.25, 0.3) is 0 Å². The Kier molecular flexibility index (Phi) is 5.29. The second kappa shape index (κ2) is 6.26. The van der Waals surface area contributed by atoms with Crippen molar-refractivity contribution in [2.75, 3.05) is 6.54 Å². The summed E-state index contributed by atoms with van der Waals surface area (Å²) in [5.74, 6) is 0. The van der Waals surface area contributed by atoms with E-state index in [1.807, 2.05) is 24.3 Å². The van der Waals surface area contributed by atoms with Gasteiger partial charge in [0.25, 0.3) is 0 Å². The van der Waals surface area contributed by atoms with Crippen molar-refractivity contribution in [3.63, 3.8) is 0 Å². The van der Waals surface area contributed by atoms with Gasteiger partial charge in [-0.05, 0) is 31.0 Å². The van der Waals surface area contributed by atoms with Crippen molar-refractivity contribution >= 4 is 15.9 Å². The minimum atomic E-state index is -0.434. The van der Waals surface area contributed by atoms with Crippen molar-refractivity contribution in [3.05, 3.63) is 34.3 Å². The van der Waals surface area contributed by atoms with Crippen LogP contribution in [0.2, 0.25) is 0 Å². The fourth-order valence-corrected chi connectivity index (χ4v) is 1.71. The maximum absolute atomic E-state index is 9.91. The lowest BCUT2D eigenvalue weighted by molar-refractivity contribution is 0.170. The van der Waals surface area contributed by atoms with Gasteiger partial charge in [-0.1, -0.05) is 35.0 Å². The smallest absolute Gasteiger partial charge is 0.0914 e. The molecule has 84 valence electrons. The van der Waals surface area contributed by atoms with E-state index in [2.05, 4.69) is 35.1 Å². The number of nitrogens with one attached hydrogen (secondary N) is 1. The first-order valence-electron chi connectivity index (χ1n) is 5.30. The van der Waals surface area contributed by atoms with Crippen molar-refractivity contribution in [2.24, 2.45) is 0 Å². The first-order chi connectivity index (χ1) is 7.13. The SMILES string of the molecule is CCC(C)NCC(O)c1cccc(Br)c1. The summed E-state index contributed by atoms with van der Waals surface area (Å²) in [4.78, 5) is 0. The van der Waals surface area contributed by atoms with Crippen LogP contribution in [0.5, 0.6) is 0 Å². The lowest BCUT2D eigenvalue weighted by Gasteiger charge is -2.16. The van der Waals surface area contributed by atoms with E-state index in [1.54, 1.807) is 0 Å². The average molecular weight is 272 g/mol. The summed E-state index contributed by atoms with van der Waals surface area (Å²) in [6.45, 7) is 4.85. The van der Waals surface area contributed by atoms with Crippen molar-refractivity contribution in [1.82, 2.24) is 5.32 Å². The number of benzene rings is 1. The molecule has 0 amide bonds. The van der Waals surface area contributed by atoms with Crippen molar-refractivity contribution < 1.29 is 5.11 Å². The molecular weight excluding hydrogens is 254 g/mol. The lowest BCUT2D eigenvalue weighted by Crippen LogP contribution is -2.29. The predicted molar refractivity (Wildman–Crippen MR) is 66.9 cm³/mol. The Labute approximate surface area is 99.8 Å². The number of rotatable bonds is 5. The highest BCUT2D eigenvalue weighted by Gasteiger charge is 2.08. The van der Waals surface area contributed by atoms with Gasteiger partial charge in [-0.25, -0.2) is 0 Å². The number of hydrogen-bond donors (Lipinski definition) is 2. The number of halogens is 1. The molecular formula is C12H18BrNO. The molecule has 2 nitrogen and oxygen atoms in total. The molecule has 1 aromatic carbocycles. The molecule has 0 bridgehead atoms. The van der Waals surface area contributed by atoms with E-state index >= 15 is 0 Å². The molecule has 3 heteroatoms. The van der Waals surface area contributed by atoms with Gasteiger partial charge in [0.2, 0.25) is 0 Å². The minimum absolute atomic E-state index is 0.434. The zero-order valence-electron chi connectivity index (χ0n) is 9.20. The normalized spacial score (nSPS) is 14.9. The van der Waals surface area contributed by atoms with Crippen molar-refractivity contribution in [2.45, 2.75) is 32.4 Å². The van der Waals surface area contributed by atoms with Crippen LogP contribution in [0.1, 0.15) is 31.9 Å². The molecule has 2 unspecified atom stereocenters. The van der Waals surface area contributed by atoms with E-state index in [0.717, 1.165) is 16.5 Å². The van der Waals surface area contributed by atoms with Crippen LogP contribution in [-0.2, 0) is 0 Å². The Morgan fingerprint density at radius 1 is 1.47 bits per heavy atom. The summed E-state index contributed by atoms with van der Waals surface area (Å²) in [7, 11) is 0. The third kappa shape index (κ3) is 4.33. The van der Waals surface area contributed by atoms with Gasteiger partial charge in [-0.3, -0.25) is 0 Å². The average Bonchev–Trinajstić information content (AvgIpc) is 2.25. The predicted octanol–water partition coefficient (Wildman–Crippen LogP) is 2.87.